The number of furan rings is 1. The van der Waals surface area contributed by atoms with Crippen LogP contribution in [0.4, 0.5) is 4.79 Å². The maximum atomic E-state index is 13.3. The molecule has 0 aromatic carbocycles. The minimum absolute atomic E-state index is 0.283. The van der Waals surface area contributed by atoms with Gasteiger partial charge in [0.25, 0.3) is 11.8 Å². The standard InChI is InChI=1S/C23H26N4O4S/c28-20(15-26-21(29)23(24-22(26)30)10-4-2-1-3-5-11-23)27-17(18-8-6-12-31-18)14-16(25-27)19-9-7-13-32-19/h6-9,12-13,17H,1-5,10-11,14-15H2,(H,24,30). The molecule has 1 unspecified atom stereocenters. The van der Waals surface area contributed by atoms with Gasteiger partial charge in [0, 0.05) is 6.42 Å². The van der Waals surface area contributed by atoms with Crippen LogP contribution < -0.4 is 5.32 Å². The first-order valence-corrected chi connectivity index (χ1v) is 12.1. The van der Waals surface area contributed by atoms with E-state index in [-0.39, 0.29) is 12.5 Å². The van der Waals surface area contributed by atoms with Gasteiger partial charge in [-0.3, -0.25) is 14.5 Å². The third-order valence-electron chi connectivity index (χ3n) is 6.59. The van der Waals surface area contributed by atoms with Crippen LogP contribution in [0.3, 0.4) is 0 Å². The first-order chi connectivity index (χ1) is 15.6. The van der Waals surface area contributed by atoms with Gasteiger partial charge in [0.1, 0.15) is 23.9 Å². The molecule has 4 amide bonds. The third kappa shape index (κ3) is 3.74. The smallest absolute Gasteiger partial charge is 0.325 e. The molecule has 3 aliphatic rings. The van der Waals surface area contributed by atoms with Crippen molar-refractivity contribution in [3.63, 3.8) is 0 Å². The minimum atomic E-state index is -0.866. The largest absolute Gasteiger partial charge is 0.467 e. The van der Waals surface area contributed by atoms with Crippen LogP contribution in [0, 0.1) is 0 Å². The number of rotatable bonds is 4. The molecule has 0 bridgehead atoms. The Hall–Kier alpha value is -2.94. The molecule has 32 heavy (non-hydrogen) atoms. The molecule has 2 aromatic heterocycles. The van der Waals surface area contributed by atoms with E-state index in [4.69, 9.17) is 4.42 Å². The van der Waals surface area contributed by atoms with Crippen molar-refractivity contribution in [2.24, 2.45) is 5.10 Å². The molecule has 1 atom stereocenters. The van der Waals surface area contributed by atoms with Gasteiger partial charge in [-0.25, -0.2) is 9.80 Å². The first kappa shape index (κ1) is 20.9. The van der Waals surface area contributed by atoms with Crippen LogP contribution in [0.2, 0.25) is 0 Å². The quantitative estimate of drug-likeness (QED) is 0.705. The number of hydrogen-bond acceptors (Lipinski definition) is 6. The lowest BCUT2D eigenvalue weighted by atomic mass is 9.84. The second-order valence-electron chi connectivity index (χ2n) is 8.67. The van der Waals surface area contributed by atoms with Crippen LogP contribution in [-0.2, 0) is 9.59 Å². The molecular formula is C23H26N4O4S. The zero-order valence-electron chi connectivity index (χ0n) is 17.8. The summed E-state index contributed by atoms with van der Waals surface area (Å²) in [5, 5.41) is 10.8. The first-order valence-electron chi connectivity index (χ1n) is 11.2. The van der Waals surface area contributed by atoms with E-state index < -0.39 is 23.5 Å². The number of imide groups is 1. The molecule has 2 aliphatic heterocycles. The SMILES string of the molecule is O=C1NC2(CCCCCCC2)C(=O)N1CC(=O)N1N=C(c2cccs2)CC1c1ccco1. The molecule has 4 heterocycles. The Morgan fingerprint density at radius 1 is 1.16 bits per heavy atom. The summed E-state index contributed by atoms with van der Waals surface area (Å²) in [6.45, 7) is -0.329. The van der Waals surface area contributed by atoms with Gasteiger partial charge in [0.15, 0.2) is 0 Å². The van der Waals surface area contributed by atoms with Crippen LogP contribution in [0.25, 0.3) is 0 Å². The van der Waals surface area contributed by atoms with Crippen molar-refractivity contribution in [3.05, 3.63) is 46.5 Å². The van der Waals surface area contributed by atoms with Gasteiger partial charge in [-0.15, -0.1) is 11.3 Å². The maximum absolute atomic E-state index is 13.3. The van der Waals surface area contributed by atoms with E-state index in [2.05, 4.69) is 10.4 Å². The second kappa shape index (κ2) is 8.54. The van der Waals surface area contributed by atoms with Crippen LogP contribution in [0.5, 0.6) is 0 Å². The number of nitrogens with zero attached hydrogens (tertiary/aromatic N) is 3. The van der Waals surface area contributed by atoms with E-state index in [0.717, 1.165) is 47.6 Å². The Labute approximate surface area is 190 Å². The molecule has 2 aromatic rings. The van der Waals surface area contributed by atoms with E-state index in [9.17, 15) is 14.4 Å². The van der Waals surface area contributed by atoms with Crippen LogP contribution in [-0.4, -0.2) is 45.5 Å². The van der Waals surface area contributed by atoms with Gasteiger partial charge < -0.3 is 9.73 Å². The van der Waals surface area contributed by atoms with Gasteiger partial charge in [0.05, 0.1) is 16.9 Å². The molecule has 1 saturated carbocycles. The predicted molar refractivity (Wildman–Crippen MR) is 119 cm³/mol. The zero-order chi connectivity index (χ0) is 22.1. The van der Waals surface area contributed by atoms with Gasteiger partial charge in [-0.1, -0.05) is 38.2 Å². The van der Waals surface area contributed by atoms with Crippen molar-refractivity contribution in [1.82, 2.24) is 15.2 Å². The Morgan fingerprint density at radius 2 is 1.94 bits per heavy atom. The monoisotopic (exact) mass is 454 g/mol. The lowest BCUT2D eigenvalue weighted by molar-refractivity contribution is -0.140. The molecular weight excluding hydrogens is 428 g/mol. The number of hydrazone groups is 1. The maximum Gasteiger partial charge on any atom is 0.325 e. The van der Waals surface area contributed by atoms with Crippen molar-refractivity contribution in [2.45, 2.75) is 62.9 Å². The van der Waals surface area contributed by atoms with Crippen molar-refractivity contribution in [1.29, 1.82) is 0 Å². The summed E-state index contributed by atoms with van der Waals surface area (Å²) in [7, 11) is 0. The van der Waals surface area contributed by atoms with Crippen molar-refractivity contribution < 1.29 is 18.8 Å². The number of carbonyl (C=O) groups excluding carboxylic acids is 3. The molecule has 0 radical (unpaired) electrons. The molecule has 168 valence electrons. The number of hydrogen-bond donors (Lipinski definition) is 1. The Balaban J connectivity index is 1.36. The summed E-state index contributed by atoms with van der Waals surface area (Å²) >= 11 is 1.56. The molecule has 1 saturated heterocycles. The molecule has 5 rings (SSSR count). The minimum Gasteiger partial charge on any atom is -0.467 e. The average molecular weight is 455 g/mol. The van der Waals surface area contributed by atoms with Gasteiger partial charge >= 0.3 is 6.03 Å². The van der Waals surface area contributed by atoms with E-state index in [0.29, 0.717) is 25.0 Å². The summed E-state index contributed by atoms with van der Waals surface area (Å²) < 4.78 is 5.57. The highest BCUT2D eigenvalue weighted by Crippen LogP contribution is 2.35. The molecule has 8 nitrogen and oxygen atoms in total. The van der Waals surface area contributed by atoms with Crippen molar-refractivity contribution in [3.8, 4) is 0 Å². The molecule has 1 N–H and O–H groups in total. The van der Waals surface area contributed by atoms with Crippen molar-refractivity contribution >= 4 is 34.9 Å². The summed E-state index contributed by atoms with van der Waals surface area (Å²) in [6.07, 6.45) is 8.41. The number of nitrogens with one attached hydrogen (secondary N) is 1. The number of thiophene rings is 1. The lowest BCUT2D eigenvalue weighted by Crippen LogP contribution is -2.48. The fourth-order valence-corrected chi connectivity index (χ4v) is 5.63. The Bertz CT molecular complexity index is 1020. The van der Waals surface area contributed by atoms with E-state index in [1.54, 1.807) is 23.7 Å². The van der Waals surface area contributed by atoms with Gasteiger partial charge in [-0.05, 0) is 36.4 Å². The second-order valence-corrected chi connectivity index (χ2v) is 9.62. The molecule has 1 spiro atoms. The molecule has 9 heteroatoms. The van der Waals surface area contributed by atoms with Crippen LogP contribution in [0.1, 0.15) is 68.0 Å². The van der Waals surface area contributed by atoms with Crippen molar-refractivity contribution in [2.75, 3.05) is 6.54 Å². The highest BCUT2D eigenvalue weighted by molar-refractivity contribution is 7.12. The third-order valence-corrected chi connectivity index (χ3v) is 7.51. The molecule has 2 fully saturated rings. The van der Waals surface area contributed by atoms with E-state index in [1.807, 2.05) is 23.6 Å². The highest BCUT2D eigenvalue weighted by Gasteiger charge is 2.51. The average Bonchev–Trinajstić information content (AvgIpc) is 3.55. The fourth-order valence-electron chi connectivity index (χ4n) is 4.91. The van der Waals surface area contributed by atoms with Crippen LogP contribution in [0.15, 0.2) is 45.4 Å². The fraction of sp³-hybridized carbons (Fsp3) is 0.478. The molecule has 1 aliphatic carbocycles. The number of carbonyl (C=O) groups is 3. The van der Waals surface area contributed by atoms with Gasteiger partial charge in [-0.2, -0.15) is 5.10 Å². The normalized spacial score (nSPS) is 23.2. The van der Waals surface area contributed by atoms with E-state index in [1.165, 1.54) is 5.01 Å². The summed E-state index contributed by atoms with van der Waals surface area (Å²) in [4.78, 5) is 41.4. The predicted octanol–water partition coefficient (Wildman–Crippen LogP) is 4.05. The highest BCUT2D eigenvalue weighted by atomic mass is 32.1. The number of urea groups is 1. The summed E-state index contributed by atoms with van der Waals surface area (Å²) in [5.74, 6) is -0.0550. The summed E-state index contributed by atoms with van der Waals surface area (Å²) in [5.41, 5.74) is -0.0716. The summed E-state index contributed by atoms with van der Waals surface area (Å²) in [6, 6.07) is 6.61. The zero-order valence-corrected chi connectivity index (χ0v) is 18.6. The van der Waals surface area contributed by atoms with Crippen LogP contribution >= 0.6 is 11.3 Å². The van der Waals surface area contributed by atoms with Gasteiger partial charge in [0.2, 0.25) is 0 Å². The topological polar surface area (TPSA) is 95.2 Å². The lowest BCUT2D eigenvalue weighted by Gasteiger charge is -2.28. The Kier molecular flexibility index (Phi) is 5.58. The number of amides is 4. The Morgan fingerprint density at radius 3 is 2.62 bits per heavy atom. The van der Waals surface area contributed by atoms with E-state index >= 15 is 0 Å².